The second-order valence-corrected chi connectivity index (χ2v) is 6.62. The SMILES string of the molecule is CC1(C)OB(O)c2cc(NC(=O)c3nccc4ccccc34)ccc21. The minimum Gasteiger partial charge on any atom is -0.423 e. The third-order valence-electron chi connectivity index (χ3n) is 4.52. The van der Waals surface area contributed by atoms with Gasteiger partial charge in [0.1, 0.15) is 5.69 Å². The Labute approximate surface area is 145 Å². The Morgan fingerprint density at radius 1 is 1.20 bits per heavy atom. The van der Waals surface area contributed by atoms with Crippen LogP contribution >= 0.6 is 0 Å². The normalized spacial score (nSPS) is 15.2. The Bertz CT molecular complexity index is 982. The molecule has 0 aliphatic carbocycles. The fraction of sp³-hybridized carbons (Fsp3) is 0.158. The number of nitrogens with zero attached hydrogens (tertiary/aromatic N) is 1. The molecule has 0 spiro atoms. The smallest absolute Gasteiger partial charge is 0.423 e. The predicted octanol–water partition coefficient (Wildman–Crippen LogP) is 2.44. The molecule has 0 saturated carbocycles. The van der Waals surface area contributed by atoms with E-state index < -0.39 is 12.7 Å². The lowest BCUT2D eigenvalue weighted by atomic mass is 9.78. The molecule has 0 bridgehead atoms. The molecule has 4 rings (SSSR count). The van der Waals surface area contributed by atoms with E-state index in [0.29, 0.717) is 16.8 Å². The predicted molar refractivity (Wildman–Crippen MR) is 97.9 cm³/mol. The van der Waals surface area contributed by atoms with Crippen molar-refractivity contribution in [2.75, 3.05) is 5.32 Å². The molecule has 1 amide bonds. The highest BCUT2D eigenvalue weighted by Crippen LogP contribution is 2.30. The van der Waals surface area contributed by atoms with Gasteiger partial charge in [-0.15, -0.1) is 0 Å². The summed E-state index contributed by atoms with van der Waals surface area (Å²) in [4.78, 5) is 16.9. The molecule has 1 aliphatic rings. The Morgan fingerprint density at radius 3 is 2.84 bits per heavy atom. The van der Waals surface area contributed by atoms with Gasteiger partial charge < -0.3 is 15.0 Å². The lowest BCUT2D eigenvalue weighted by Gasteiger charge is -2.19. The van der Waals surface area contributed by atoms with E-state index in [1.807, 2.05) is 56.3 Å². The van der Waals surface area contributed by atoms with Crippen LogP contribution in [0.1, 0.15) is 29.9 Å². The van der Waals surface area contributed by atoms with E-state index in [4.69, 9.17) is 4.65 Å². The molecule has 0 atom stereocenters. The van der Waals surface area contributed by atoms with Crippen molar-refractivity contribution in [2.45, 2.75) is 19.4 Å². The van der Waals surface area contributed by atoms with Gasteiger partial charge in [0, 0.05) is 17.3 Å². The molecule has 0 unspecified atom stereocenters. The van der Waals surface area contributed by atoms with E-state index in [2.05, 4.69) is 10.3 Å². The summed E-state index contributed by atoms with van der Waals surface area (Å²) in [7, 11) is -0.988. The number of fused-ring (bicyclic) bond motifs is 2. The van der Waals surface area contributed by atoms with Crippen LogP contribution in [-0.4, -0.2) is 23.0 Å². The van der Waals surface area contributed by atoms with E-state index in [0.717, 1.165) is 16.3 Å². The van der Waals surface area contributed by atoms with Crippen molar-refractivity contribution in [2.24, 2.45) is 0 Å². The Morgan fingerprint density at radius 2 is 2.00 bits per heavy atom. The number of carbonyl (C=O) groups excluding carboxylic acids is 1. The molecule has 1 aliphatic heterocycles. The van der Waals surface area contributed by atoms with Crippen molar-refractivity contribution < 1.29 is 14.5 Å². The summed E-state index contributed by atoms with van der Waals surface area (Å²) in [5, 5.41) is 14.7. The second kappa shape index (κ2) is 5.69. The monoisotopic (exact) mass is 332 g/mol. The quantitative estimate of drug-likeness (QED) is 0.707. The number of carbonyl (C=O) groups is 1. The Balaban J connectivity index is 1.67. The van der Waals surface area contributed by atoms with Gasteiger partial charge in [0.15, 0.2) is 0 Å². The maximum absolute atomic E-state index is 12.7. The Kier molecular flexibility index (Phi) is 3.60. The number of amides is 1. The Hall–Kier alpha value is -2.70. The number of hydrogen-bond acceptors (Lipinski definition) is 4. The standard InChI is InChI=1S/C19H17BN2O3/c1-19(2)15-8-7-13(11-16(15)20(24)25-19)22-18(23)17-14-6-4-3-5-12(14)9-10-21-17/h3-11,24H,1-2H3,(H,22,23). The minimum absolute atomic E-state index is 0.288. The van der Waals surface area contributed by atoms with Crippen molar-refractivity contribution in [3.63, 3.8) is 0 Å². The van der Waals surface area contributed by atoms with E-state index in [1.54, 1.807) is 12.3 Å². The topological polar surface area (TPSA) is 71.5 Å². The maximum Gasteiger partial charge on any atom is 0.492 e. The van der Waals surface area contributed by atoms with E-state index in [-0.39, 0.29) is 5.91 Å². The van der Waals surface area contributed by atoms with Gasteiger partial charge in [0.05, 0.1) is 5.60 Å². The molecule has 1 aromatic heterocycles. The van der Waals surface area contributed by atoms with Gasteiger partial charge in [-0.25, -0.2) is 0 Å². The van der Waals surface area contributed by atoms with Gasteiger partial charge in [-0.3, -0.25) is 9.78 Å². The van der Waals surface area contributed by atoms with Crippen LogP contribution in [0.15, 0.2) is 54.7 Å². The number of benzene rings is 2. The van der Waals surface area contributed by atoms with Gasteiger partial charge in [0.2, 0.25) is 0 Å². The summed E-state index contributed by atoms with van der Waals surface area (Å²) in [6, 6.07) is 14.9. The van der Waals surface area contributed by atoms with Crippen LogP contribution in [0.4, 0.5) is 5.69 Å². The molecule has 6 heteroatoms. The fourth-order valence-electron chi connectivity index (χ4n) is 3.29. The van der Waals surface area contributed by atoms with Crippen molar-refractivity contribution in [1.82, 2.24) is 4.98 Å². The third kappa shape index (κ3) is 2.69. The summed E-state index contributed by atoms with van der Waals surface area (Å²) in [5.41, 5.74) is 2.01. The highest BCUT2D eigenvalue weighted by Gasteiger charge is 2.40. The van der Waals surface area contributed by atoms with Gasteiger partial charge in [-0.1, -0.05) is 30.3 Å². The van der Waals surface area contributed by atoms with Crippen molar-refractivity contribution in [3.8, 4) is 0 Å². The van der Waals surface area contributed by atoms with Crippen molar-refractivity contribution >= 4 is 34.9 Å². The number of rotatable bonds is 2. The molecular formula is C19H17BN2O3. The zero-order valence-corrected chi connectivity index (χ0v) is 14.0. The van der Waals surface area contributed by atoms with Gasteiger partial charge in [-0.2, -0.15) is 0 Å². The van der Waals surface area contributed by atoms with Crippen molar-refractivity contribution in [1.29, 1.82) is 0 Å². The number of aromatic nitrogens is 1. The number of pyridine rings is 1. The van der Waals surface area contributed by atoms with Crippen LogP contribution < -0.4 is 10.8 Å². The molecule has 5 nitrogen and oxygen atoms in total. The van der Waals surface area contributed by atoms with Crippen LogP contribution in [0.5, 0.6) is 0 Å². The highest BCUT2D eigenvalue weighted by atomic mass is 16.5. The molecule has 3 aromatic rings. The highest BCUT2D eigenvalue weighted by molar-refractivity contribution is 6.62. The van der Waals surface area contributed by atoms with Gasteiger partial charge in [-0.05, 0) is 48.5 Å². The molecule has 0 saturated heterocycles. The molecule has 2 heterocycles. The van der Waals surface area contributed by atoms with Crippen LogP contribution in [-0.2, 0) is 10.3 Å². The molecule has 124 valence electrons. The first-order chi connectivity index (χ1) is 12.0. The lowest BCUT2D eigenvalue weighted by Crippen LogP contribution is -2.29. The first-order valence-electron chi connectivity index (χ1n) is 8.11. The third-order valence-corrected chi connectivity index (χ3v) is 4.52. The summed E-state index contributed by atoms with van der Waals surface area (Å²) in [6.45, 7) is 3.81. The van der Waals surface area contributed by atoms with E-state index in [1.165, 1.54) is 0 Å². The molecule has 2 N–H and O–H groups in total. The zero-order chi connectivity index (χ0) is 17.6. The minimum atomic E-state index is -0.988. The van der Waals surface area contributed by atoms with E-state index in [9.17, 15) is 9.82 Å². The largest absolute Gasteiger partial charge is 0.492 e. The average molecular weight is 332 g/mol. The number of anilines is 1. The van der Waals surface area contributed by atoms with Crippen molar-refractivity contribution in [3.05, 3.63) is 66.0 Å². The van der Waals surface area contributed by atoms with Crippen LogP contribution in [0.25, 0.3) is 10.8 Å². The zero-order valence-electron chi connectivity index (χ0n) is 14.0. The molecule has 0 fully saturated rings. The summed E-state index contributed by atoms with van der Waals surface area (Å²) in [5.74, 6) is -0.288. The molecule has 25 heavy (non-hydrogen) atoms. The van der Waals surface area contributed by atoms with Crippen LogP contribution in [0.3, 0.4) is 0 Å². The maximum atomic E-state index is 12.7. The first-order valence-corrected chi connectivity index (χ1v) is 8.11. The molecule has 0 radical (unpaired) electrons. The van der Waals surface area contributed by atoms with Crippen LogP contribution in [0.2, 0.25) is 0 Å². The van der Waals surface area contributed by atoms with Gasteiger partial charge in [0.25, 0.3) is 5.91 Å². The summed E-state index contributed by atoms with van der Waals surface area (Å²) in [6.07, 6.45) is 1.63. The first kappa shape index (κ1) is 15.8. The van der Waals surface area contributed by atoms with E-state index >= 15 is 0 Å². The average Bonchev–Trinajstić information content (AvgIpc) is 2.83. The second-order valence-electron chi connectivity index (χ2n) is 6.62. The molecular weight excluding hydrogens is 315 g/mol. The summed E-state index contributed by atoms with van der Waals surface area (Å²) >= 11 is 0. The van der Waals surface area contributed by atoms with Gasteiger partial charge >= 0.3 is 7.12 Å². The fourth-order valence-corrected chi connectivity index (χ4v) is 3.29. The summed E-state index contributed by atoms with van der Waals surface area (Å²) < 4.78 is 5.55. The molecule has 2 aromatic carbocycles. The van der Waals surface area contributed by atoms with Crippen LogP contribution in [0, 0.1) is 0 Å². The lowest BCUT2D eigenvalue weighted by molar-refractivity contribution is 0.100. The number of nitrogens with one attached hydrogen (secondary N) is 1. The number of hydrogen-bond donors (Lipinski definition) is 2.